The van der Waals surface area contributed by atoms with Gasteiger partial charge in [0, 0.05) is 20.7 Å². The van der Waals surface area contributed by atoms with E-state index in [0.717, 1.165) is 26.4 Å². The number of halogens is 1. The zero-order valence-corrected chi connectivity index (χ0v) is 13.5. The van der Waals surface area contributed by atoms with E-state index in [1.807, 2.05) is 48.5 Å². The van der Waals surface area contributed by atoms with E-state index in [-0.39, 0.29) is 5.78 Å². The van der Waals surface area contributed by atoms with Gasteiger partial charge in [0.05, 0.1) is 6.61 Å². The standard InChI is InChI=1S/C16H15BrO2S/c1-12(18)13-4-2-7-16(10-13)20-9-8-19-15-6-3-5-14(17)11-15/h2-7,10-11H,8-9H2,1H3. The number of carbonyl (C=O) groups excluding carboxylic acids is 1. The van der Waals surface area contributed by atoms with Crippen LogP contribution >= 0.6 is 27.7 Å². The van der Waals surface area contributed by atoms with Crippen molar-refractivity contribution in [3.05, 3.63) is 58.6 Å². The summed E-state index contributed by atoms with van der Waals surface area (Å²) in [5.74, 6) is 1.80. The number of ether oxygens (including phenoxy) is 1. The van der Waals surface area contributed by atoms with Gasteiger partial charge in [0.2, 0.25) is 0 Å². The molecular weight excluding hydrogens is 336 g/mol. The van der Waals surface area contributed by atoms with Gasteiger partial charge in [0.1, 0.15) is 5.75 Å². The Morgan fingerprint density at radius 2 is 2.00 bits per heavy atom. The van der Waals surface area contributed by atoms with Gasteiger partial charge in [-0.3, -0.25) is 4.79 Å². The third kappa shape index (κ3) is 4.69. The van der Waals surface area contributed by atoms with Gasteiger partial charge < -0.3 is 4.74 Å². The van der Waals surface area contributed by atoms with Crippen molar-refractivity contribution >= 4 is 33.5 Å². The second-order valence-corrected chi connectivity index (χ2v) is 6.32. The molecule has 2 aromatic rings. The fourth-order valence-electron chi connectivity index (χ4n) is 1.68. The molecule has 0 bridgehead atoms. The maximum absolute atomic E-state index is 11.3. The lowest BCUT2D eigenvalue weighted by molar-refractivity contribution is 0.101. The van der Waals surface area contributed by atoms with Crippen molar-refractivity contribution in [1.82, 2.24) is 0 Å². The fraction of sp³-hybridized carbons (Fsp3) is 0.188. The molecule has 0 saturated heterocycles. The molecule has 0 aliphatic rings. The summed E-state index contributed by atoms with van der Waals surface area (Å²) in [5, 5.41) is 0. The fourth-order valence-corrected chi connectivity index (χ4v) is 2.85. The minimum atomic E-state index is 0.0952. The second kappa shape index (κ2) is 7.50. The van der Waals surface area contributed by atoms with Gasteiger partial charge in [-0.2, -0.15) is 0 Å². The molecule has 2 rings (SSSR count). The summed E-state index contributed by atoms with van der Waals surface area (Å²) >= 11 is 5.10. The highest BCUT2D eigenvalue weighted by atomic mass is 79.9. The van der Waals surface area contributed by atoms with E-state index in [9.17, 15) is 4.79 Å². The van der Waals surface area contributed by atoms with Crippen LogP contribution in [0.5, 0.6) is 5.75 Å². The van der Waals surface area contributed by atoms with E-state index >= 15 is 0 Å². The molecular formula is C16H15BrO2S. The average molecular weight is 351 g/mol. The molecule has 0 atom stereocenters. The largest absolute Gasteiger partial charge is 0.493 e. The Balaban J connectivity index is 1.81. The molecule has 0 aliphatic heterocycles. The van der Waals surface area contributed by atoms with Crippen LogP contribution in [-0.2, 0) is 0 Å². The molecule has 4 heteroatoms. The number of hydrogen-bond donors (Lipinski definition) is 0. The number of ketones is 1. The Morgan fingerprint density at radius 3 is 2.75 bits per heavy atom. The Morgan fingerprint density at radius 1 is 1.20 bits per heavy atom. The van der Waals surface area contributed by atoms with Crippen LogP contribution in [0.25, 0.3) is 0 Å². The second-order valence-electron chi connectivity index (χ2n) is 4.24. The third-order valence-electron chi connectivity index (χ3n) is 2.66. The van der Waals surface area contributed by atoms with Gasteiger partial charge in [0.25, 0.3) is 0 Å². The van der Waals surface area contributed by atoms with Gasteiger partial charge in [-0.15, -0.1) is 11.8 Å². The van der Waals surface area contributed by atoms with E-state index in [2.05, 4.69) is 15.9 Å². The summed E-state index contributed by atoms with van der Waals surface area (Å²) in [6, 6.07) is 15.5. The zero-order chi connectivity index (χ0) is 14.4. The summed E-state index contributed by atoms with van der Waals surface area (Å²) in [6.07, 6.45) is 0. The minimum absolute atomic E-state index is 0.0952. The van der Waals surface area contributed by atoms with E-state index in [1.165, 1.54) is 0 Å². The van der Waals surface area contributed by atoms with E-state index in [0.29, 0.717) is 6.61 Å². The van der Waals surface area contributed by atoms with Crippen molar-refractivity contribution in [1.29, 1.82) is 0 Å². The highest BCUT2D eigenvalue weighted by Crippen LogP contribution is 2.21. The predicted molar refractivity (Wildman–Crippen MR) is 86.8 cm³/mol. The normalized spacial score (nSPS) is 10.3. The lowest BCUT2D eigenvalue weighted by atomic mass is 10.2. The van der Waals surface area contributed by atoms with Crippen molar-refractivity contribution in [2.24, 2.45) is 0 Å². The van der Waals surface area contributed by atoms with Gasteiger partial charge in [-0.25, -0.2) is 0 Å². The summed E-state index contributed by atoms with van der Waals surface area (Å²) in [7, 11) is 0. The monoisotopic (exact) mass is 350 g/mol. The van der Waals surface area contributed by atoms with Crippen molar-refractivity contribution < 1.29 is 9.53 Å². The maximum Gasteiger partial charge on any atom is 0.159 e. The first kappa shape index (κ1) is 15.1. The third-order valence-corrected chi connectivity index (χ3v) is 4.11. The van der Waals surface area contributed by atoms with E-state index in [4.69, 9.17) is 4.74 Å². The maximum atomic E-state index is 11.3. The van der Waals surface area contributed by atoms with Crippen LogP contribution in [0.3, 0.4) is 0 Å². The van der Waals surface area contributed by atoms with Crippen LogP contribution in [0.4, 0.5) is 0 Å². The number of thioether (sulfide) groups is 1. The van der Waals surface area contributed by atoms with Crippen LogP contribution in [0, 0.1) is 0 Å². The van der Waals surface area contributed by atoms with Crippen molar-refractivity contribution in [2.75, 3.05) is 12.4 Å². The summed E-state index contributed by atoms with van der Waals surface area (Å²) in [5.41, 5.74) is 0.753. The highest BCUT2D eigenvalue weighted by Gasteiger charge is 2.01. The quantitative estimate of drug-likeness (QED) is 0.424. The van der Waals surface area contributed by atoms with Crippen LogP contribution in [0.15, 0.2) is 57.9 Å². The van der Waals surface area contributed by atoms with Gasteiger partial charge in [-0.05, 0) is 37.3 Å². The number of hydrogen-bond acceptors (Lipinski definition) is 3. The van der Waals surface area contributed by atoms with Crippen LogP contribution in [0.1, 0.15) is 17.3 Å². The van der Waals surface area contributed by atoms with E-state index in [1.54, 1.807) is 18.7 Å². The Bertz CT molecular complexity index is 599. The molecule has 0 unspecified atom stereocenters. The Labute approximate surface area is 131 Å². The number of benzene rings is 2. The molecule has 0 fully saturated rings. The van der Waals surface area contributed by atoms with E-state index < -0.39 is 0 Å². The molecule has 0 heterocycles. The molecule has 20 heavy (non-hydrogen) atoms. The Kier molecular flexibility index (Phi) is 5.68. The molecule has 0 aliphatic carbocycles. The SMILES string of the molecule is CC(=O)c1cccc(SCCOc2cccc(Br)c2)c1. The number of rotatable bonds is 6. The average Bonchev–Trinajstić information content (AvgIpc) is 2.44. The minimum Gasteiger partial charge on any atom is -0.493 e. The number of carbonyl (C=O) groups is 1. The van der Waals surface area contributed by atoms with Crippen LogP contribution < -0.4 is 4.74 Å². The number of Topliss-reactive ketones (excluding diaryl/α,β-unsaturated/α-hetero) is 1. The van der Waals surface area contributed by atoms with Crippen molar-refractivity contribution in [3.63, 3.8) is 0 Å². The molecule has 0 saturated carbocycles. The molecule has 104 valence electrons. The molecule has 0 aromatic heterocycles. The lowest BCUT2D eigenvalue weighted by Gasteiger charge is -2.07. The van der Waals surface area contributed by atoms with Gasteiger partial charge in [-0.1, -0.05) is 34.1 Å². The van der Waals surface area contributed by atoms with Gasteiger partial charge in [0.15, 0.2) is 5.78 Å². The summed E-state index contributed by atoms with van der Waals surface area (Å²) < 4.78 is 6.68. The highest BCUT2D eigenvalue weighted by molar-refractivity contribution is 9.10. The molecule has 0 spiro atoms. The lowest BCUT2D eigenvalue weighted by Crippen LogP contribution is -2.00. The van der Waals surface area contributed by atoms with Gasteiger partial charge >= 0.3 is 0 Å². The first-order chi connectivity index (χ1) is 9.65. The molecule has 2 nitrogen and oxygen atoms in total. The molecule has 0 amide bonds. The molecule has 0 N–H and O–H groups in total. The molecule has 0 radical (unpaired) electrons. The summed E-state index contributed by atoms with van der Waals surface area (Å²) in [4.78, 5) is 12.4. The summed E-state index contributed by atoms with van der Waals surface area (Å²) in [6.45, 7) is 2.21. The van der Waals surface area contributed by atoms with Crippen molar-refractivity contribution in [3.8, 4) is 5.75 Å². The Hall–Kier alpha value is -1.26. The first-order valence-corrected chi connectivity index (χ1v) is 8.05. The smallest absolute Gasteiger partial charge is 0.159 e. The van der Waals surface area contributed by atoms with Crippen LogP contribution in [0.2, 0.25) is 0 Å². The molecule has 2 aromatic carbocycles. The predicted octanol–water partition coefficient (Wildman–Crippen LogP) is 4.82. The zero-order valence-electron chi connectivity index (χ0n) is 11.1. The topological polar surface area (TPSA) is 26.3 Å². The van der Waals surface area contributed by atoms with Crippen LogP contribution in [-0.4, -0.2) is 18.1 Å². The van der Waals surface area contributed by atoms with Crippen molar-refractivity contribution in [2.45, 2.75) is 11.8 Å². The first-order valence-electron chi connectivity index (χ1n) is 6.27.